The lowest BCUT2D eigenvalue weighted by Gasteiger charge is -2.15. The summed E-state index contributed by atoms with van der Waals surface area (Å²) in [6.07, 6.45) is 0. The van der Waals surface area contributed by atoms with Gasteiger partial charge in [-0.3, -0.25) is 0 Å². The molecule has 0 heterocycles. The average molecular weight is 356 g/mol. The van der Waals surface area contributed by atoms with E-state index in [1.54, 1.807) is 18.2 Å². The number of nitriles is 1. The highest BCUT2D eigenvalue weighted by atomic mass is 79.9. The Kier molecular flexibility index (Phi) is 4.71. The van der Waals surface area contributed by atoms with Crippen molar-refractivity contribution in [1.82, 2.24) is 0 Å². The molecule has 2 nitrogen and oxygen atoms in total. The summed E-state index contributed by atoms with van der Waals surface area (Å²) in [7, 11) is 0. The average Bonchev–Trinajstić information content (AvgIpc) is 2.39. The number of rotatable bonds is 3. The zero-order valence-electron chi connectivity index (χ0n) is 9.70. The van der Waals surface area contributed by atoms with Crippen LogP contribution < -0.4 is 5.32 Å². The molecule has 1 atom stereocenters. The minimum absolute atomic E-state index is 0.538. The fraction of sp³-hybridized carbons (Fsp3) is 0.0714. The quantitative estimate of drug-likeness (QED) is 0.796. The van der Waals surface area contributed by atoms with Crippen LogP contribution in [-0.4, -0.2) is 0 Å². The van der Waals surface area contributed by atoms with E-state index in [4.69, 9.17) is 23.2 Å². The number of hydrogen-bond donors (Lipinski definition) is 1. The van der Waals surface area contributed by atoms with E-state index >= 15 is 0 Å². The second kappa shape index (κ2) is 6.29. The molecule has 0 aromatic heterocycles. The molecule has 2 aromatic rings. The Balaban J connectivity index is 2.31. The van der Waals surface area contributed by atoms with Gasteiger partial charge in [0.15, 0.2) is 0 Å². The molecule has 0 radical (unpaired) electrons. The number of hydrogen-bond acceptors (Lipinski definition) is 2. The first-order chi connectivity index (χ1) is 9.10. The van der Waals surface area contributed by atoms with Crippen molar-refractivity contribution >= 4 is 44.8 Å². The molecule has 0 amide bonds. The molecule has 5 heteroatoms. The number of benzene rings is 2. The topological polar surface area (TPSA) is 35.8 Å². The predicted molar refractivity (Wildman–Crippen MR) is 82.6 cm³/mol. The Hall–Kier alpha value is -1.21. The normalized spacial score (nSPS) is 11.7. The largest absolute Gasteiger partial charge is 0.366 e. The molecule has 0 saturated heterocycles. The Labute approximate surface area is 130 Å². The highest BCUT2D eigenvalue weighted by Gasteiger charge is 2.14. The molecule has 0 bridgehead atoms. The van der Waals surface area contributed by atoms with E-state index in [0.717, 1.165) is 15.7 Å². The van der Waals surface area contributed by atoms with Gasteiger partial charge in [0.25, 0.3) is 0 Å². The molecule has 2 rings (SSSR count). The first-order valence-corrected chi connectivity index (χ1v) is 7.01. The second-order valence-electron chi connectivity index (χ2n) is 3.88. The first kappa shape index (κ1) is 14.2. The summed E-state index contributed by atoms with van der Waals surface area (Å²) in [5.74, 6) is 0. The molecule has 0 aliphatic carbocycles. The molecule has 0 aliphatic rings. The van der Waals surface area contributed by atoms with Crippen LogP contribution in [0.15, 0.2) is 46.9 Å². The maximum absolute atomic E-state index is 9.31. The zero-order valence-corrected chi connectivity index (χ0v) is 12.8. The van der Waals surface area contributed by atoms with E-state index in [9.17, 15) is 5.26 Å². The summed E-state index contributed by atoms with van der Waals surface area (Å²) < 4.78 is 0.875. The Bertz CT molecular complexity index is 638. The lowest BCUT2D eigenvalue weighted by molar-refractivity contribution is 0.996. The molecule has 96 valence electrons. The monoisotopic (exact) mass is 354 g/mol. The highest BCUT2D eigenvalue weighted by molar-refractivity contribution is 9.10. The van der Waals surface area contributed by atoms with E-state index in [-0.39, 0.29) is 0 Å². The van der Waals surface area contributed by atoms with Crippen molar-refractivity contribution in [2.75, 3.05) is 5.32 Å². The van der Waals surface area contributed by atoms with Gasteiger partial charge in [0, 0.05) is 25.8 Å². The lowest BCUT2D eigenvalue weighted by Crippen LogP contribution is -2.09. The molecule has 0 spiro atoms. The number of anilines is 1. The molecular formula is C14H9BrCl2N2. The fourth-order valence-electron chi connectivity index (χ4n) is 1.66. The van der Waals surface area contributed by atoms with Crippen LogP contribution in [0.3, 0.4) is 0 Å². The predicted octanol–water partition coefficient (Wildman–Crippen LogP) is 5.43. The fourth-order valence-corrected chi connectivity index (χ4v) is 2.46. The maximum atomic E-state index is 9.31. The van der Waals surface area contributed by atoms with E-state index < -0.39 is 6.04 Å². The van der Waals surface area contributed by atoms with Crippen molar-refractivity contribution in [3.8, 4) is 6.07 Å². The van der Waals surface area contributed by atoms with Crippen LogP contribution in [0.25, 0.3) is 0 Å². The third-order valence-corrected chi connectivity index (χ3v) is 3.61. The van der Waals surface area contributed by atoms with Gasteiger partial charge in [-0.25, -0.2) is 0 Å². The lowest BCUT2D eigenvalue weighted by atomic mass is 10.1. The summed E-state index contributed by atoms with van der Waals surface area (Å²) in [6, 6.07) is 14.3. The molecule has 1 N–H and O–H groups in total. The van der Waals surface area contributed by atoms with Crippen molar-refractivity contribution in [1.29, 1.82) is 5.26 Å². The van der Waals surface area contributed by atoms with Crippen molar-refractivity contribution < 1.29 is 0 Å². The Morgan fingerprint density at radius 3 is 2.63 bits per heavy atom. The highest BCUT2D eigenvalue weighted by Crippen LogP contribution is 2.29. The summed E-state index contributed by atoms with van der Waals surface area (Å²) in [5.41, 5.74) is 1.49. The Morgan fingerprint density at radius 1 is 1.16 bits per heavy atom. The van der Waals surface area contributed by atoms with Crippen LogP contribution in [0, 0.1) is 11.3 Å². The minimum Gasteiger partial charge on any atom is -0.366 e. The zero-order chi connectivity index (χ0) is 13.8. The van der Waals surface area contributed by atoms with Crippen LogP contribution in [0.2, 0.25) is 10.0 Å². The molecule has 2 aromatic carbocycles. The van der Waals surface area contributed by atoms with Gasteiger partial charge in [-0.1, -0.05) is 45.2 Å². The van der Waals surface area contributed by atoms with Crippen molar-refractivity contribution in [3.63, 3.8) is 0 Å². The Morgan fingerprint density at radius 2 is 1.95 bits per heavy atom. The summed E-state index contributed by atoms with van der Waals surface area (Å²) in [5, 5.41) is 13.6. The van der Waals surface area contributed by atoms with Gasteiger partial charge < -0.3 is 5.32 Å². The van der Waals surface area contributed by atoms with Crippen molar-refractivity contribution in [2.45, 2.75) is 6.04 Å². The molecule has 1 unspecified atom stereocenters. The van der Waals surface area contributed by atoms with Crippen LogP contribution in [0.5, 0.6) is 0 Å². The summed E-state index contributed by atoms with van der Waals surface area (Å²) in [6.45, 7) is 0. The molecular weight excluding hydrogens is 347 g/mol. The molecule has 19 heavy (non-hydrogen) atoms. The van der Waals surface area contributed by atoms with Crippen LogP contribution in [0.1, 0.15) is 11.6 Å². The van der Waals surface area contributed by atoms with Crippen LogP contribution in [0.4, 0.5) is 5.69 Å². The van der Waals surface area contributed by atoms with Gasteiger partial charge in [0.2, 0.25) is 0 Å². The van der Waals surface area contributed by atoms with E-state index in [1.165, 1.54) is 0 Å². The van der Waals surface area contributed by atoms with E-state index in [0.29, 0.717) is 10.0 Å². The van der Waals surface area contributed by atoms with Crippen LogP contribution in [-0.2, 0) is 0 Å². The minimum atomic E-state index is -0.538. The van der Waals surface area contributed by atoms with Crippen molar-refractivity contribution in [3.05, 3.63) is 62.5 Å². The third kappa shape index (κ3) is 3.63. The summed E-state index contributed by atoms with van der Waals surface area (Å²) >= 11 is 15.4. The van der Waals surface area contributed by atoms with E-state index in [1.807, 2.05) is 24.3 Å². The van der Waals surface area contributed by atoms with Gasteiger partial charge in [-0.05, 0) is 36.4 Å². The first-order valence-electron chi connectivity index (χ1n) is 5.47. The smallest absolute Gasteiger partial charge is 0.141 e. The van der Waals surface area contributed by atoms with Gasteiger partial charge in [0.1, 0.15) is 6.04 Å². The van der Waals surface area contributed by atoms with Crippen molar-refractivity contribution in [2.24, 2.45) is 0 Å². The summed E-state index contributed by atoms with van der Waals surface area (Å²) in [4.78, 5) is 0. The van der Waals surface area contributed by atoms with Gasteiger partial charge in [0.05, 0.1) is 6.07 Å². The maximum Gasteiger partial charge on any atom is 0.141 e. The van der Waals surface area contributed by atoms with Gasteiger partial charge in [-0.15, -0.1) is 0 Å². The third-order valence-electron chi connectivity index (χ3n) is 2.53. The molecule has 0 saturated carbocycles. The molecule has 0 fully saturated rings. The second-order valence-corrected chi connectivity index (χ2v) is 5.64. The van der Waals surface area contributed by atoms with Crippen LogP contribution >= 0.6 is 39.1 Å². The SMILES string of the molecule is N#CC(Nc1cccc(Cl)c1)c1cc(Br)ccc1Cl. The van der Waals surface area contributed by atoms with Gasteiger partial charge >= 0.3 is 0 Å². The molecule has 0 aliphatic heterocycles. The van der Waals surface area contributed by atoms with Gasteiger partial charge in [-0.2, -0.15) is 5.26 Å². The standard InChI is InChI=1S/C14H9BrCl2N2/c15-9-4-5-13(17)12(6-9)14(8-18)19-11-3-1-2-10(16)7-11/h1-7,14,19H. The number of nitrogens with zero attached hydrogens (tertiary/aromatic N) is 1. The number of halogens is 3. The van der Waals surface area contributed by atoms with E-state index in [2.05, 4.69) is 27.3 Å². The number of nitrogens with one attached hydrogen (secondary N) is 1.